The number of hydrogen-bond acceptors (Lipinski definition) is 6. The third-order valence-electron chi connectivity index (χ3n) is 7.36. The molecule has 4 aromatic rings. The smallest absolute Gasteiger partial charge is 0.303 e. The molecule has 1 N–H and O–H groups in total. The van der Waals surface area contributed by atoms with E-state index in [1.165, 1.54) is 5.56 Å². The van der Waals surface area contributed by atoms with Gasteiger partial charge in [-0.3, -0.25) is 4.79 Å². The van der Waals surface area contributed by atoms with Crippen LogP contribution in [0, 0.1) is 18.3 Å². The fraction of sp³-hybridized carbons (Fsp3) is 0.306. The highest BCUT2D eigenvalue weighted by Crippen LogP contribution is 2.36. The summed E-state index contributed by atoms with van der Waals surface area (Å²) in [5.41, 5.74) is 7.04. The maximum atomic E-state index is 13.7. The molecule has 0 unspecified atom stereocenters. The number of aromatic nitrogens is 1. The number of pyridine rings is 1. The van der Waals surface area contributed by atoms with Gasteiger partial charge in [0.1, 0.15) is 24.0 Å². The number of carboxylic acid groups (broad SMARTS) is 1. The monoisotopic (exact) mass is 595 g/mol. The third kappa shape index (κ3) is 8.35. The van der Waals surface area contributed by atoms with Crippen LogP contribution in [0.2, 0.25) is 0 Å². The van der Waals surface area contributed by atoms with Crippen molar-refractivity contribution in [3.63, 3.8) is 0 Å². The average Bonchev–Trinajstić information content (AvgIpc) is 3.02. The molecule has 0 radical (unpaired) electrons. The number of aliphatic carboxylic acids is 1. The van der Waals surface area contributed by atoms with Gasteiger partial charge in [-0.25, -0.2) is 9.37 Å². The van der Waals surface area contributed by atoms with Gasteiger partial charge in [-0.2, -0.15) is 5.26 Å². The molecule has 4 rings (SSSR count). The molecule has 0 fully saturated rings. The minimum atomic E-state index is -0.863. The quantitative estimate of drug-likeness (QED) is 0.148. The van der Waals surface area contributed by atoms with Gasteiger partial charge >= 0.3 is 5.97 Å². The number of nitrogens with zero attached hydrogens (tertiary/aromatic N) is 3. The van der Waals surface area contributed by atoms with Gasteiger partial charge in [-0.15, -0.1) is 0 Å². The fourth-order valence-electron chi connectivity index (χ4n) is 5.11. The number of anilines is 1. The maximum Gasteiger partial charge on any atom is 0.303 e. The second kappa shape index (κ2) is 15.0. The van der Waals surface area contributed by atoms with Crippen LogP contribution in [0.15, 0.2) is 72.9 Å². The number of carbonyl (C=O) groups is 1. The van der Waals surface area contributed by atoms with E-state index < -0.39 is 12.6 Å². The maximum absolute atomic E-state index is 13.7. The van der Waals surface area contributed by atoms with Crippen molar-refractivity contribution in [1.82, 2.24) is 4.98 Å². The van der Waals surface area contributed by atoms with E-state index in [1.54, 1.807) is 37.6 Å². The molecule has 44 heavy (non-hydrogen) atoms. The van der Waals surface area contributed by atoms with Crippen LogP contribution in [0.25, 0.3) is 11.1 Å². The average molecular weight is 596 g/mol. The zero-order valence-corrected chi connectivity index (χ0v) is 25.6. The van der Waals surface area contributed by atoms with Gasteiger partial charge in [0.15, 0.2) is 0 Å². The van der Waals surface area contributed by atoms with Crippen molar-refractivity contribution in [2.24, 2.45) is 0 Å². The lowest BCUT2D eigenvalue weighted by Crippen LogP contribution is -2.24. The Bertz CT molecular complexity index is 1630. The van der Waals surface area contributed by atoms with Gasteiger partial charge in [-0.1, -0.05) is 49.7 Å². The van der Waals surface area contributed by atoms with Crippen LogP contribution < -0.4 is 14.4 Å². The Morgan fingerprint density at radius 2 is 1.82 bits per heavy atom. The van der Waals surface area contributed by atoms with E-state index in [9.17, 15) is 14.4 Å². The molecular formula is C36H38FN3O4. The van der Waals surface area contributed by atoms with E-state index in [0.717, 1.165) is 33.6 Å². The first-order chi connectivity index (χ1) is 21.2. The fourth-order valence-corrected chi connectivity index (χ4v) is 5.11. The summed E-state index contributed by atoms with van der Waals surface area (Å²) in [6, 6.07) is 23.6. The number of aryl methyl sites for hydroxylation is 1. The molecule has 0 aliphatic carbocycles. The number of rotatable bonds is 14. The largest absolute Gasteiger partial charge is 0.496 e. The first-order valence-corrected chi connectivity index (χ1v) is 14.6. The number of benzene rings is 3. The molecule has 0 atom stereocenters. The Hall–Kier alpha value is -4.90. The second-order valence-corrected chi connectivity index (χ2v) is 11.1. The first kappa shape index (κ1) is 32.0. The highest BCUT2D eigenvalue weighted by Gasteiger charge is 2.18. The Balaban J connectivity index is 1.74. The molecule has 1 aromatic heterocycles. The zero-order chi connectivity index (χ0) is 31.6. The Morgan fingerprint density at radius 3 is 2.48 bits per heavy atom. The Morgan fingerprint density at radius 1 is 1.02 bits per heavy atom. The van der Waals surface area contributed by atoms with Crippen LogP contribution in [0.3, 0.4) is 0 Å². The number of nitriles is 1. The van der Waals surface area contributed by atoms with Crippen molar-refractivity contribution >= 4 is 11.8 Å². The molecule has 8 heteroatoms. The number of halogens is 1. The normalized spacial score (nSPS) is 10.8. The molecule has 0 saturated heterocycles. The topological polar surface area (TPSA) is 95.7 Å². The van der Waals surface area contributed by atoms with Gasteiger partial charge in [0.2, 0.25) is 0 Å². The summed E-state index contributed by atoms with van der Waals surface area (Å²) >= 11 is 0. The van der Waals surface area contributed by atoms with Crippen molar-refractivity contribution < 1.29 is 23.8 Å². The predicted octanol–water partition coefficient (Wildman–Crippen LogP) is 7.98. The third-order valence-corrected chi connectivity index (χ3v) is 7.36. The molecule has 1 heterocycles. The number of methoxy groups -OCH3 is 1. The van der Waals surface area contributed by atoms with Crippen molar-refractivity contribution in [1.29, 1.82) is 5.26 Å². The highest BCUT2D eigenvalue weighted by atomic mass is 19.1. The van der Waals surface area contributed by atoms with Crippen LogP contribution in [0.1, 0.15) is 66.0 Å². The van der Waals surface area contributed by atoms with Crippen molar-refractivity contribution in [2.45, 2.75) is 59.3 Å². The lowest BCUT2D eigenvalue weighted by Gasteiger charge is -2.26. The van der Waals surface area contributed by atoms with Crippen molar-refractivity contribution in [3.05, 3.63) is 106 Å². The SMILES string of the molecule is COc1ccc(C(C)C)cc1-c1ccc(C)cc1CN(Cc1cc(C#N)cc(CF)c1)c1ccc(OCCCC(=O)O)cn1. The van der Waals surface area contributed by atoms with E-state index in [4.69, 9.17) is 14.6 Å². The van der Waals surface area contributed by atoms with Crippen LogP contribution in [0.5, 0.6) is 11.5 Å². The molecule has 0 spiro atoms. The molecular weight excluding hydrogens is 557 g/mol. The lowest BCUT2D eigenvalue weighted by atomic mass is 9.92. The van der Waals surface area contributed by atoms with Gasteiger partial charge in [0, 0.05) is 25.1 Å². The standard InChI is InChI=1S/C36H38FN3O4/c1-24(2)29-8-11-34(43-4)33(18-29)32-10-7-25(3)14-30(32)23-40(22-28-16-26(19-37)15-27(17-28)20-38)35-12-9-31(21-39-35)44-13-5-6-36(41)42/h7-12,14-18,21,24H,5-6,13,19,22-23H2,1-4H3,(H,41,42). The number of hydrogen-bond donors (Lipinski definition) is 1. The molecule has 0 amide bonds. The number of ether oxygens (including phenoxy) is 2. The van der Waals surface area contributed by atoms with Gasteiger partial charge in [0.25, 0.3) is 0 Å². The summed E-state index contributed by atoms with van der Waals surface area (Å²) in [6.45, 7) is 6.84. The van der Waals surface area contributed by atoms with E-state index in [-0.39, 0.29) is 13.0 Å². The van der Waals surface area contributed by atoms with Gasteiger partial charge in [-0.05, 0) is 83.5 Å². The Labute approximate surface area is 258 Å². The van der Waals surface area contributed by atoms with Crippen LogP contribution in [-0.2, 0) is 24.6 Å². The minimum absolute atomic E-state index is 0.0333. The van der Waals surface area contributed by atoms with E-state index in [2.05, 4.69) is 67.1 Å². The van der Waals surface area contributed by atoms with Gasteiger partial charge in [0.05, 0.1) is 31.5 Å². The van der Waals surface area contributed by atoms with Gasteiger partial charge < -0.3 is 19.5 Å². The summed E-state index contributed by atoms with van der Waals surface area (Å²) < 4.78 is 25.2. The molecule has 0 aliphatic heterocycles. The van der Waals surface area contributed by atoms with Crippen molar-refractivity contribution in [2.75, 3.05) is 18.6 Å². The summed E-state index contributed by atoms with van der Waals surface area (Å²) in [7, 11) is 1.67. The van der Waals surface area contributed by atoms with Crippen LogP contribution in [-0.4, -0.2) is 29.8 Å². The summed E-state index contributed by atoms with van der Waals surface area (Å²) in [5.74, 6) is 1.47. The van der Waals surface area contributed by atoms with E-state index in [0.29, 0.717) is 48.1 Å². The molecule has 3 aromatic carbocycles. The number of alkyl halides is 1. The highest BCUT2D eigenvalue weighted by molar-refractivity contribution is 5.75. The predicted molar refractivity (Wildman–Crippen MR) is 170 cm³/mol. The van der Waals surface area contributed by atoms with Crippen LogP contribution >= 0.6 is 0 Å². The molecule has 0 saturated carbocycles. The molecule has 7 nitrogen and oxygen atoms in total. The zero-order valence-electron chi connectivity index (χ0n) is 25.6. The molecule has 228 valence electrons. The van der Waals surface area contributed by atoms with Crippen LogP contribution in [0.4, 0.5) is 10.2 Å². The molecule has 0 bridgehead atoms. The number of carboxylic acids is 1. The minimum Gasteiger partial charge on any atom is -0.496 e. The summed E-state index contributed by atoms with van der Waals surface area (Å²) in [4.78, 5) is 17.6. The Kier molecular flexibility index (Phi) is 10.9. The first-order valence-electron chi connectivity index (χ1n) is 14.6. The molecule has 0 aliphatic rings. The second-order valence-electron chi connectivity index (χ2n) is 11.1. The summed E-state index contributed by atoms with van der Waals surface area (Å²) in [6.07, 6.45) is 2.05. The van der Waals surface area contributed by atoms with Crippen molar-refractivity contribution in [3.8, 4) is 28.7 Å². The van der Waals surface area contributed by atoms with E-state index in [1.807, 2.05) is 12.1 Å². The lowest BCUT2D eigenvalue weighted by molar-refractivity contribution is -0.137. The van der Waals surface area contributed by atoms with E-state index >= 15 is 0 Å². The summed E-state index contributed by atoms with van der Waals surface area (Å²) in [5, 5.41) is 18.4.